The third-order valence-corrected chi connectivity index (χ3v) is 5.30. The van der Waals surface area contributed by atoms with E-state index >= 15 is 0 Å². The second kappa shape index (κ2) is 9.73. The first-order valence-corrected chi connectivity index (χ1v) is 10.3. The maximum Gasteiger partial charge on any atom is 0.242 e. The van der Waals surface area contributed by atoms with Crippen LogP contribution in [0.25, 0.3) is 0 Å². The second-order valence-corrected chi connectivity index (χ2v) is 8.75. The number of aryl methyl sites for hydroxylation is 2. The van der Waals surface area contributed by atoms with Crippen molar-refractivity contribution in [3.05, 3.63) is 70.8 Å². The first-order valence-electron chi connectivity index (χ1n) is 10.3. The normalized spacial score (nSPS) is 12.3. The topological polar surface area (TPSA) is 49.4 Å². The molecule has 0 aliphatic heterocycles. The van der Waals surface area contributed by atoms with Crippen molar-refractivity contribution in [1.82, 2.24) is 10.2 Å². The van der Waals surface area contributed by atoms with Gasteiger partial charge in [0.15, 0.2) is 0 Å². The molecule has 0 radical (unpaired) electrons. The fourth-order valence-electron chi connectivity index (χ4n) is 3.37. The summed E-state index contributed by atoms with van der Waals surface area (Å²) < 4.78 is 0. The van der Waals surface area contributed by atoms with Gasteiger partial charge in [0.2, 0.25) is 11.8 Å². The Bertz CT molecular complexity index is 835. The zero-order chi connectivity index (χ0) is 21.6. The molecule has 0 heterocycles. The van der Waals surface area contributed by atoms with Crippen LogP contribution in [0.5, 0.6) is 0 Å². The molecule has 4 nitrogen and oxygen atoms in total. The second-order valence-electron chi connectivity index (χ2n) is 8.75. The van der Waals surface area contributed by atoms with Crippen LogP contribution < -0.4 is 5.32 Å². The van der Waals surface area contributed by atoms with Crippen LogP contribution in [0.3, 0.4) is 0 Å². The summed E-state index contributed by atoms with van der Waals surface area (Å²) in [7, 11) is 1.60. The molecule has 0 fully saturated rings. The molecule has 2 rings (SSSR count). The van der Waals surface area contributed by atoms with Gasteiger partial charge < -0.3 is 10.2 Å². The molecular formula is C25H34N2O2. The van der Waals surface area contributed by atoms with Gasteiger partial charge in [-0.1, -0.05) is 74.9 Å². The van der Waals surface area contributed by atoms with Crippen molar-refractivity contribution in [2.24, 2.45) is 0 Å². The monoisotopic (exact) mass is 394 g/mol. The number of benzene rings is 2. The van der Waals surface area contributed by atoms with Crippen LogP contribution in [-0.4, -0.2) is 29.8 Å². The van der Waals surface area contributed by atoms with E-state index in [1.54, 1.807) is 18.9 Å². The van der Waals surface area contributed by atoms with E-state index in [9.17, 15) is 9.59 Å². The average molecular weight is 395 g/mol. The van der Waals surface area contributed by atoms with E-state index in [0.29, 0.717) is 19.4 Å². The van der Waals surface area contributed by atoms with E-state index in [4.69, 9.17) is 0 Å². The smallest absolute Gasteiger partial charge is 0.242 e. The number of rotatable bonds is 7. The zero-order valence-electron chi connectivity index (χ0n) is 18.6. The molecule has 2 aromatic carbocycles. The molecule has 0 unspecified atom stereocenters. The van der Waals surface area contributed by atoms with E-state index in [0.717, 1.165) is 16.7 Å². The summed E-state index contributed by atoms with van der Waals surface area (Å²) in [4.78, 5) is 26.9. The Kier molecular flexibility index (Phi) is 7.60. The lowest BCUT2D eigenvalue weighted by Crippen LogP contribution is -2.46. The highest BCUT2D eigenvalue weighted by Gasteiger charge is 2.25. The maximum absolute atomic E-state index is 13.0. The van der Waals surface area contributed by atoms with Gasteiger partial charge in [-0.15, -0.1) is 0 Å². The van der Waals surface area contributed by atoms with Gasteiger partial charge in [-0.3, -0.25) is 9.59 Å². The van der Waals surface area contributed by atoms with Gasteiger partial charge >= 0.3 is 0 Å². The van der Waals surface area contributed by atoms with Crippen molar-refractivity contribution in [1.29, 1.82) is 0 Å². The van der Waals surface area contributed by atoms with Gasteiger partial charge in [0.1, 0.15) is 6.04 Å². The lowest BCUT2D eigenvalue weighted by molar-refractivity contribution is -0.140. The molecule has 1 atom stereocenters. The first kappa shape index (κ1) is 22.7. The lowest BCUT2D eigenvalue weighted by atomic mass is 9.86. The molecule has 2 aromatic rings. The van der Waals surface area contributed by atoms with Crippen molar-refractivity contribution in [3.8, 4) is 0 Å². The Hall–Kier alpha value is -2.62. The maximum atomic E-state index is 13.0. The van der Waals surface area contributed by atoms with E-state index < -0.39 is 6.04 Å². The minimum Gasteiger partial charge on any atom is -0.357 e. The zero-order valence-corrected chi connectivity index (χ0v) is 18.6. The molecule has 0 aliphatic carbocycles. The highest BCUT2D eigenvalue weighted by Crippen LogP contribution is 2.22. The Morgan fingerprint density at radius 2 is 1.69 bits per heavy atom. The number of hydrogen-bond donors (Lipinski definition) is 1. The van der Waals surface area contributed by atoms with Crippen molar-refractivity contribution in [3.63, 3.8) is 0 Å². The Balaban J connectivity index is 2.11. The molecule has 0 saturated carbocycles. The van der Waals surface area contributed by atoms with Crippen LogP contribution >= 0.6 is 0 Å². The first-order chi connectivity index (χ1) is 13.6. The molecule has 0 bridgehead atoms. The third-order valence-electron chi connectivity index (χ3n) is 5.30. The SMILES string of the molecule is CNC(=O)[C@@H](C)N(Cc1cccc(C)c1)C(=O)CCc1ccc(C(C)(C)C)cc1. The van der Waals surface area contributed by atoms with Crippen LogP contribution in [0, 0.1) is 6.92 Å². The summed E-state index contributed by atoms with van der Waals surface area (Å²) in [6.45, 7) is 10.8. The standard InChI is InChI=1S/C25H34N2O2/c1-18-8-7-9-21(16-18)17-27(19(2)24(29)26-6)23(28)15-12-20-10-13-22(14-11-20)25(3,4)5/h7-11,13-14,16,19H,12,15,17H2,1-6H3,(H,26,29)/t19-/m1/s1. The largest absolute Gasteiger partial charge is 0.357 e. The highest BCUT2D eigenvalue weighted by molar-refractivity contribution is 5.87. The van der Waals surface area contributed by atoms with Gasteiger partial charge in [-0.2, -0.15) is 0 Å². The predicted molar refractivity (Wildman–Crippen MR) is 119 cm³/mol. The molecule has 156 valence electrons. The fraction of sp³-hybridized carbons (Fsp3) is 0.440. The van der Waals surface area contributed by atoms with E-state index in [2.05, 4.69) is 56.4 Å². The molecular weight excluding hydrogens is 360 g/mol. The molecule has 29 heavy (non-hydrogen) atoms. The van der Waals surface area contributed by atoms with Gasteiger partial charge in [0.25, 0.3) is 0 Å². The summed E-state index contributed by atoms with van der Waals surface area (Å²) >= 11 is 0. The Labute approximate surface area is 175 Å². The minimum atomic E-state index is -0.517. The number of carbonyl (C=O) groups is 2. The highest BCUT2D eigenvalue weighted by atomic mass is 16.2. The van der Waals surface area contributed by atoms with Crippen molar-refractivity contribution >= 4 is 11.8 Å². The molecule has 0 aliphatic rings. The van der Waals surface area contributed by atoms with Gasteiger partial charge in [0, 0.05) is 20.0 Å². The summed E-state index contributed by atoms with van der Waals surface area (Å²) in [6, 6.07) is 16.0. The summed E-state index contributed by atoms with van der Waals surface area (Å²) in [6.07, 6.45) is 1.04. The summed E-state index contributed by atoms with van der Waals surface area (Å²) in [5.74, 6) is -0.164. The third kappa shape index (κ3) is 6.45. The predicted octanol–water partition coefficient (Wildman–Crippen LogP) is 4.39. The van der Waals surface area contributed by atoms with Crippen LogP contribution in [0.1, 0.15) is 56.4 Å². The van der Waals surface area contributed by atoms with Crippen molar-refractivity contribution < 1.29 is 9.59 Å². The number of carbonyl (C=O) groups excluding carboxylic acids is 2. The number of likely N-dealkylation sites (N-methyl/N-ethyl adjacent to an activating group) is 1. The number of hydrogen-bond acceptors (Lipinski definition) is 2. The van der Waals surface area contributed by atoms with Crippen molar-refractivity contribution in [2.45, 2.75) is 65.5 Å². The molecule has 0 saturated heterocycles. The van der Waals surface area contributed by atoms with Crippen LogP contribution in [0.15, 0.2) is 48.5 Å². The van der Waals surface area contributed by atoms with E-state index in [1.165, 1.54) is 5.56 Å². The van der Waals surface area contributed by atoms with Crippen LogP contribution in [0.2, 0.25) is 0 Å². The summed E-state index contributed by atoms with van der Waals surface area (Å²) in [5.41, 5.74) is 4.70. The number of nitrogens with zero attached hydrogens (tertiary/aromatic N) is 1. The molecule has 2 amide bonds. The van der Waals surface area contributed by atoms with Gasteiger partial charge in [-0.25, -0.2) is 0 Å². The van der Waals surface area contributed by atoms with E-state index in [-0.39, 0.29) is 17.2 Å². The van der Waals surface area contributed by atoms with Crippen LogP contribution in [-0.2, 0) is 28.0 Å². The number of amides is 2. The minimum absolute atomic E-state index is 0.0116. The Morgan fingerprint density at radius 3 is 2.24 bits per heavy atom. The van der Waals surface area contributed by atoms with Gasteiger partial charge in [-0.05, 0) is 42.4 Å². The van der Waals surface area contributed by atoms with Crippen molar-refractivity contribution in [2.75, 3.05) is 7.05 Å². The summed E-state index contributed by atoms with van der Waals surface area (Å²) in [5, 5.41) is 2.66. The number of nitrogens with one attached hydrogen (secondary N) is 1. The fourth-order valence-corrected chi connectivity index (χ4v) is 3.37. The molecule has 0 aromatic heterocycles. The molecule has 4 heteroatoms. The van der Waals surface area contributed by atoms with E-state index in [1.807, 2.05) is 25.1 Å². The quantitative estimate of drug-likeness (QED) is 0.757. The average Bonchev–Trinajstić information content (AvgIpc) is 2.68. The molecule has 0 spiro atoms. The lowest BCUT2D eigenvalue weighted by Gasteiger charge is -2.28. The van der Waals surface area contributed by atoms with Crippen LogP contribution in [0.4, 0.5) is 0 Å². The Morgan fingerprint density at radius 1 is 1.03 bits per heavy atom. The molecule has 1 N–H and O–H groups in total. The van der Waals surface area contributed by atoms with Gasteiger partial charge in [0.05, 0.1) is 0 Å².